The number of rotatable bonds is 11. The van der Waals surface area contributed by atoms with Crippen molar-refractivity contribution in [1.82, 2.24) is 19.4 Å². The average molecular weight is 534 g/mol. The number of fused-ring (bicyclic) bond motifs is 1. The molecular weight excluding hydrogens is 502 g/mol. The first-order valence-corrected chi connectivity index (χ1v) is 12.7. The van der Waals surface area contributed by atoms with Gasteiger partial charge in [-0.15, -0.1) is 0 Å². The minimum absolute atomic E-state index is 0.212. The average Bonchev–Trinajstić information content (AvgIpc) is 3.24. The van der Waals surface area contributed by atoms with Gasteiger partial charge in [0.2, 0.25) is 0 Å². The first-order valence-electron chi connectivity index (χ1n) is 12.7. The summed E-state index contributed by atoms with van der Waals surface area (Å²) in [6.07, 6.45) is 1.12. The molecule has 0 N–H and O–H groups in total. The Morgan fingerprint density at radius 3 is 2.36 bits per heavy atom. The highest BCUT2D eigenvalue weighted by Crippen LogP contribution is 2.38. The van der Waals surface area contributed by atoms with E-state index in [1.165, 1.54) is 7.11 Å². The number of carbonyl (C=O) groups is 1. The first-order chi connectivity index (χ1) is 18.8. The number of hydrogen-bond acceptors (Lipinski definition) is 9. The molecule has 39 heavy (non-hydrogen) atoms. The molecule has 0 bridgehead atoms. The summed E-state index contributed by atoms with van der Waals surface area (Å²) in [5, 5.41) is 12.3. The van der Waals surface area contributed by atoms with Crippen LogP contribution in [0.3, 0.4) is 0 Å². The molecule has 0 atom stereocenters. The molecule has 0 unspecified atom stereocenters. The smallest absolute Gasteiger partial charge is 0.392 e. The molecule has 2 heterocycles. The third kappa shape index (κ3) is 5.53. The van der Waals surface area contributed by atoms with Gasteiger partial charge in [-0.05, 0) is 57.3 Å². The van der Waals surface area contributed by atoms with Crippen LogP contribution in [0.4, 0.5) is 5.69 Å². The van der Waals surface area contributed by atoms with Crippen molar-refractivity contribution >= 4 is 22.6 Å². The zero-order valence-electron chi connectivity index (χ0n) is 22.6. The van der Waals surface area contributed by atoms with Crippen LogP contribution < -0.4 is 9.47 Å². The van der Waals surface area contributed by atoms with E-state index in [2.05, 4.69) is 33.3 Å². The largest absolute Gasteiger partial charge is 0.476 e. The lowest BCUT2D eigenvalue weighted by atomic mass is 10.1. The third-order valence-corrected chi connectivity index (χ3v) is 6.42. The minimum atomic E-state index is -0.660. The van der Waals surface area contributed by atoms with E-state index in [1.807, 2.05) is 37.3 Å². The lowest BCUT2D eigenvalue weighted by Crippen LogP contribution is -2.25. The highest BCUT2D eigenvalue weighted by atomic mass is 16.6. The van der Waals surface area contributed by atoms with E-state index in [4.69, 9.17) is 14.2 Å². The second kappa shape index (κ2) is 11.9. The van der Waals surface area contributed by atoms with Gasteiger partial charge in [0.15, 0.2) is 0 Å². The quantitative estimate of drug-likeness (QED) is 0.141. The molecule has 0 aliphatic heterocycles. The fourth-order valence-electron chi connectivity index (χ4n) is 4.45. The van der Waals surface area contributed by atoms with Gasteiger partial charge in [0, 0.05) is 17.6 Å². The molecule has 0 fully saturated rings. The Labute approximate surface area is 226 Å². The highest BCUT2D eigenvalue weighted by molar-refractivity contribution is 6.07. The number of nitrogens with zero attached hydrogens (tertiary/aromatic N) is 5. The van der Waals surface area contributed by atoms with Gasteiger partial charge in [0.05, 0.1) is 35.4 Å². The minimum Gasteiger partial charge on any atom is -0.476 e. The van der Waals surface area contributed by atoms with E-state index < -0.39 is 16.6 Å². The third-order valence-electron chi connectivity index (χ3n) is 6.42. The van der Waals surface area contributed by atoms with Crippen molar-refractivity contribution in [3.8, 4) is 23.2 Å². The van der Waals surface area contributed by atoms with E-state index in [1.54, 1.807) is 19.1 Å². The first kappa shape index (κ1) is 27.5. The lowest BCUT2D eigenvalue weighted by molar-refractivity contribution is -0.387. The Bertz CT molecular complexity index is 1490. The number of nitro groups is 1. The van der Waals surface area contributed by atoms with Gasteiger partial charge in [-0.25, -0.2) is 4.79 Å². The second-order valence-corrected chi connectivity index (χ2v) is 8.75. The maximum Gasteiger partial charge on any atom is 0.392 e. The van der Waals surface area contributed by atoms with Crippen LogP contribution in [0.1, 0.15) is 42.4 Å². The zero-order chi connectivity index (χ0) is 28.1. The standard InChI is InChI=1S/C28H31N5O6/c1-6-31(7-2)16-23-24(28(34)38-8-3)21-15-20(39-27-25(33(35)36)26(37-5)29-17-30-27)13-14-22(21)32(23)19-11-9-18(4)10-12-19/h9-15,17H,6-8,16H2,1-5H3. The molecule has 4 rings (SSSR count). The summed E-state index contributed by atoms with van der Waals surface area (Å²) in [7, 11) is 1.28. The molecule has 0 aliphatic carbocycles. The number of aryl methyl sites for hydroxylation is 1. The molecule has 0 radical (unpaired) electrons. The molecule has 4 aromatic rings. The molecule has 11 nitrogen and oxygen atoms in total. The number of ether oxygens (including phenoxy) is 3. The summed E-state index contributed by atoms with van der Waals surface area (Å²) in [5.41, 5.74) is 3.48. The van der Waals surface area contributed by atoms with Crippen LogP contribution in [-0.2, 0) is 11.3 Å². The van der Waals surface area contributed by atoms with Crippen molar-refractivity contribution < 1.29 is 23.9 Å². The number of methoxy groups -OCH3 is 1. The number of carbonyl (C=O) groups excluding carboxylic acids is 1. The summed E-state index contributed by atoms with van der Waals surface area (Å²) in [6.45, 7) is 10.2. The van der Waals surface area contributed by atoms with Gasteiger partial charge < -0.3 is 18.8 Å². The van der Waals surface area contributed by atoms with Gasteiger partial charge in [-0.1, -0.05) is 31.5 Å². The Kier molecular flexibility index (Phi) is 8.40. The summed E-state index contributed by atoms with van der Waals surface area (Å²) in [5.74, 6) is -0.690. The summed E-state index contributed by atoms with van der Waals surface area (Å²) in [6, 6.07) is 13.2. The number of aromatic nitrogens is 3. The predicted octanol–water partition coefficient (Wildman–Crippen LogP) is 5.46. The molecule has 0 amide bonds. The predicted molar refractivity (Wildman–Crippen MR) is 146 cm³/mol. The van der Waals surface area contributed by atoms with Crippen molar-refractivity contribution in [3.05, 3.63) is 75.7 Å². The van der Waals surface area contributed by atoms with Gasteiger partial charge in [0.25, 0.3) is 0 Å². The molecule has 2 aromatic heterocycles. The number of hydrogen-bond donors (Lipinski definition) is 0. The van der Waals surface area contributed by atoms with E-state index in [9.17, 15) is 14.9 Å². The van der Waals surface area contributed by atoms with E-state index >= 15 is 0 Å². The molecule has 0 saturated heterocycles. The van der Waals surface area contributed by atoms with Crippen LogP contribution in [0.25, 0.3) is 16.6 Å². The molecule has 2 aromatic carbocycles. The monoisotopic (exact) mass is 533 g/mol. The number of esters is 1. The summed E-state index contributed by atoms with van der Waals surface area (Å²) >= 11 is 0. The lowest BCUT2D eigenvalue weighted by Gasteiger charge is -2.21. The zero-order valence-corrected chi connectivity index (χ0v) is 22.6. The van der Waals surface area contributed by atoms with Gasteiger partial charge in [-0.3, -0.25) is 15.0 Å². The summed E-state index contributed by atoms with van der Waals surface area (Å²) < 4.78 is 18.4. The molecule has 204 valence electrons. The van der Waals surface area contributed by atoms with Crippen LogP contribution in [0.2, 0.25) is 0 Å². The van der Waals surface area contributed by atoms with Crippen molar-refractivity contribution in [3.63, 3.8) is 0 Å². The van der Waals surface area contributed by atoms with Gasteiger partial charge in [0.1, 0.15) is 12.1 Å². The Morgan fingerprint density at radius 2 is 1.74 bits per heavy atom. The fraction of sp³-hybridized carbons (Fsp3) is 0.321. The maximum absolute atomic E-state index is 13.4. The highest BCUT2D eigenvalue weighted by Gasteiger charge is 2.28. The van der Waals surface area contributed by atoms with Crippen LogP contribution in [0, 0.1) is 17.0 Å². The topological polar surface area (TPSA) is 122 Å². The maximum atomic E-state index is 13.4. The van der Waals surface area contributed by atoms with Crippen LogP contribution >= 0.6 is 0 Å². The van der Waals surface area contributed by atoms with Gasteiger partial charge in [-0.2, -0.15) is 9.97 Å². The van der Waals surface area contributed by atoms with Crippen LogP contribution in [0.15, 0.2) is 48.8 Å². The van der Waals surface area contributed by atoms with E-state index in [-0.39, 0.29) is 24.1 Å². The Morgan fingerprint density at radius 1 is 1.05 bits per heavy atom. The fourth-order valence-corrected chi connectivity index (χ4v) is 4.45. The van der Waals surface area contributed by atoms with Crippen LogP contribution in [0.5, 0.6) is 17.5 Å². The SMILES string of the molecule is CCOC(=O)c1c(CN(CC)CC)n(-c2ccc(C)cc2)c2ccc(Oc3ncnc(OC)c3[N+](=O)[O-])cc12. The summed E-state index contributed by atoms with van der Waals surface area (Å²) in [4.78, 5) is 34.4. The Hall–Kier alpha value is -4.51. The second-order valence-electron chi connectivity index (χ2n) is 8.75. The molecular formula is C28H31N5O6. The number of benzene rings is 2. The van der Waals surface area contributed by atoms with Crippen molar-refractivity contribution in [2.24, 2.45) is 0 Å². The molecule has 0 aliphatic rings. The van der Waals surface area contributed by atoms with E-state index in [0.29, 0.717) is 17.5 Å². The van der Waals surface area contributed by atoms with E-state index in [0.717, 1.165) is 41.9 Å². The Balaban J connectivity index is 1.96. The van der Waals surface area contributed by atoms with Crippen molar-refractivity contribution in [1.29, 1.82) is 0 Å². The molecule has 11 heteroatoms. The van der Waals surface area contributed by atoms with Gasteiger partial charge >= 0.3 is 23.4 Å². The van der Waals surface area contributed by atoms with Crippen molar-refractivity contribution in [2.45, 2.75) is 34.2 Å². The molecule has 0 spiro atoms. The normalized spacial score (nSPS) is 11.1. The van der Waals surface area contributed by atoms with Crippen molar-refractivity contribution in [2.75, 3.05) is 26.8 Å². The van der Waals surface area contributed by atoms with Crippen LogP contribution in [-0.4, -0.2) is 57.1 Å². The molecule has 0 saturated carbocycles.